The molecule has 0 aliphatic carbocycles. The molecule has 0 aromatic heterocycles. The van der Waals surface area contributed by atoms with Gasteiger partial charge in [-0.25, -0.2) is 0 Å². The number of hydrogen-bond acceptors (Lipinski definition) is 2. The van der Waals surface area contributed by atoms with Crippen LogP contribution in [0, 0.1) is 6.92 Å². The number of aldehydes is 1. The van der Waals surface area contributed by atoms with Crippen molar-refractivity contribution >= 4 is 22.2 Å². The Labute approximate surface area is 92.2 Å². The molecule has 6 heteroatoms. The van der Waals surface area contributed by atoms with E-state index in [1.54, 1.807) is 0 Å². The maximum atomic E-state index is 11.9. The van der Waals surface area contributed by atoms with Crippen LogP contribution < -0.4 is 4.74 Å². The topological polar surface area (TPSA) is 26.3 Å². The van der Waals surface area contributed by atoms with E-state index in [1.807, 2.05) is 0 Å². The first kappa shape index (κ1) is 12.0. The summed E-state index contributed by atoms with van der Waals surface area (Å²) < 4.78 is 39.6. The quantitative estimate of drug-likeness (QED) is 0.777. The zero-order valence-electron chi connectivity index (χ0n) is 7.56. The fraction of sp³-hybridized carbons (Fsp3) is 0.222. The number of rotatable bonds is 2. The van der Waals surface area contributed by atoms with E-state index in [-0.39, 0.29) is 10.2 Å². The first-order chi connectivity index (χ1) is 6.83. The molecule has 0 bridgehead atoms. The van der Waals surface area contributed by atoms with E-state index in [0.717, 1.165) is 6.07 Å². The Morgan fingerprint density at radius 3 is 2.47 bits per heavy atom. The Hall–Kier alpha value is -1.04. The van der Waals surface area contributed by atoms with E-state index in [0.29, 0.717) is 17.4 Å². The number of benzene rings is 1. The second-order valence-corrected chi connectivity index (χ2v) is 3.66. The van der Waals surface area contributed by atoms with Crippen LogP contribution in [0.3, 0.4) is 0 Å². The number of carbonyl (C=O) groups excluding carboxylic acids is 1. The van der Waals surface area contributed by atoms with E-state index in [1.165, 1.54) is 13.0 Å². The smallest absolute Gasteiger partial charge is 0.405 e. The predicted molar refractivity (Wildman–Crippen MR) is 50.9 cm³/mol. The van der Waals surface area contributed by atoms with E-state index in [9.17, 15) is 18.0 Å². The third-order valence-corrected chi connectivity index (χ3v) is 2.29. The SMILES string of the molecule is Cc1cc(OC(F)(F)F)c(Br)cc1C=O. The van der Waals surface area contributed by atoms with E-state index < -0.39 is 6.36 Å². The van der Waals surface area contributed by atoms with Crippen molar-refractivity contribution in [1.29, 1.82) is 0 Å². The maximum Gasteiger partial charge on any atom is 0.573 e. The first-order valence-corrected chi connectivity index (χ1v) is 4.64. The van der Waals surface area contributed by atoms with Crippen molar-refractivity contribution in [3.63, 3.8) is 0 Å². The van der Waals surface area contributed by atoms with Crippen molar-refractivity contribution in [3.05, 3.63) is 27.7 Å². The Balaban J connectivity index is 3.11. The number of ether oxygens (including phenoxy) is 1. The summed E-state index contributed by atoms with van der Waals surface area (Å²) in [5.41, 5.74) is 0.740. The average molecular weight is 283 g/mol. The highest BCUT2D eigenvalue weighted by Crippen LogP contribution is 2.32. The molecule has 0 aliphatic rings. The Kier molecular flexibility index (Phi) is 3.38. The van der Waals surface area contributed by atoms with Crippen LogP contribution in [0.5, 0.6) is 5.75 Å². The Morgan fingerprint density at radius 1 is 1.40 bits per heavy atom. The Morgan fingerprint density at radius 2 is 2.00 bits per heavy atom. The van der Waals surface area contributed by atoms with Crippen LogP contribution in [0.2, 0.25) is 0 Å². The van der Waals surface area contributed by atoms with Crippen LogP contribution in [0.15, 0.2) is 16.6 Å². The molecule has 0 unspecified atom stereocenters. The number of carbonyl (C=O) groups is 1. The van der Waals surface area contributed by atoms with Gasteiger partial charge in [0, 0.05) is 5.56 Å². The van der Waals surface area contributed by atoms with Gasteiger partial charge in [-0.1, -0.05) is 0 Å². The molecule has 0 saturated heterocycles. The number of halogens is 4. The predicted octanol–water partition coefficient (Wildman–Crippen LogP) is 3.47. The average Bonchev–Trinajstić information content (AvgIpc) is 2.08. The summed E-state index contributed by atoms with van der Waals surface area (Å²) >= 11 is 2.89. The van der Waals surface area contributed by atoms with Gasteiger partial charge in [0.1, 0.15) is 12.0 Å². The van der Waals surface area contributed by atoms with Crippen LogP contribution in [-0.4, -0.2) is 12.6 Å². The molecule has 0 N–H and O–H groups in total. The monoisotopic (exact) mass is 282 g/mol. The summed E-state index contributed by atoms with van der Waals surface area (Å²) in [4.78, 5) is 10.5. The Bertz CT molecular complexity index is 388. The van der Waals surface area contributed by atoms with Gasteiger partial charge in [0.05, 0.1) is 4.47 Å². The first-order valence-electron chi connectivity index (χ1n) is 3.84. The summed E-state index contributed by atoms with van der Waals surface area (Å²) in [5.74, 6) is -0.356. The zero-order valence-corrected chi connectivity index (χ0v) is 9.15. The number of aryl methyl sites for hydroxylation is 1. The highest BCUT2D eigenvalue weighted by molar-refractivity contribution is 9.10. The molecule has 0 radical (unpaired) electrons. The second kappa shape index (κ2) is 4.22. The molecule has 82 valence electrons. The van der Waals surface area contributed by atoms with E-state index in [4.69, 9.17) is 0 Å². The van der Waals surface area contributed by atoms with E-state index in [2.05, 4.69) is 20.7 Å². The molecule has 1 rings (SSSR count). The standard InChI is InChI=1S/C9H6BrF3O2/c1-5-2-8(15-9(11,12)13)7(10)3-6(5)4-14/h2-4H,1H3. The molecule has 0 amide bonds. The third-order valence-electron chi connectivity index (χ3n) is 1.67. The van der Waals surface area contributed by atoms with Crippen molar-refractivity contribution in [2.45, 2.75) is 13.3 Å². The van der Waals surface area contributed by atoms with E-state index >= 15 is 0 Å². The largest absolute Gasteiger partial charge is 0.573 e. The van der Waals surface area contributed by atoms with Crippen molar-refractivity contribution in [3.8, 4) is 5.75 Å². The molecular weight excluding hydrogens is 277 g/mol. The van der Waals surface area contributed by atoms with Crippen LogP contribution in [0.1, 0.15) is 15.9 Å². The fourth-order valence-electron chi connectivity index (χ4n) is 1.00. The highest BCUT2D eigenvalue weighted by atomic mass is 79.9. The van der Waals surface area contributed by atoms with Gasteiger partial charge in [0.15, 0.2) is 0 Å². The normalized spacial score (nSPS) is 11.3. The van der Waals surface area contributed by atoms with Crippen molar-refractivity contribution in [1.82, 2.24) is 0 Å². The van der Waals surface area contributed by atoms with Gasteiger partial charge >= 0.3 is 6.36 Å². The molecule has 0 aliphatic heterocycles. The van der Waals surface area contributed by atoms with Crippen LogP contribution >= 0.6 is 15.9 Å². The summed E-state index contributed by atoms with van der Waals surface area (Å²) in [6.45, 7) is 1.53. The molecule has 0 heterocycles. The molecule has 2 nitrogen and oxygen atoms in total. The van der Waals surface area contributed by atoms with Gasteiger partial charge in [0.2, 0.25) is 0 Å². The lowest BCUT2D eigenvalue weighted by Gasteiger charge is -2.11. The van der Waals surface area contributed by atoms with Gasteiger partial charge in [-0.05, 0) is 40.5 Å². The highest BCUT2D eigenvalue weighted by Gasteiger charge is 2.32. The number of alkyl halides is 3. The molecule has 0 spiro atoms. The molecule has 0 saturated carbocycles. The molecule has 1 aromatic carbocycles. The maximum absolute atomic E-state index is 11.9. The minimum atomic E-state index is -4.74. The third kappa shape index (κ3) is 3.23. The minimum absolute atomic E-state index is 0.0903. The van der Waals surface area contributed by atoms with Crippen LogP contribution in [-0.2, 0) is 0 Å². The van der Waals surface area contributed by atoms with Gasteiger partial charge in [-0.3, -0.25) is 4.79 Å². The lowest BCUT2D eigenvalue weighted by atomic mass is 10.1. The number of hydrogen-bond donors (Lipinski definition) is 0. The van der Waals surface area contributed by atoms with Gasteiger partial charge < -0.3 is 4.74 Å². The molecule has 0 atom stereocenters. The molecule has 15 heavy (non-hydrogen) atoms. The van der Waals surface area contributed by atoms with Crippen molar-refractivity contribution < 1.29 is 22.7 Å². The fourth-order valence-corrected chi connectivity index (χ4v) is 1.44. The van der Waals surface area contributed by atoms with Gasteiger partial charge in [-0.2, -0.15) is 0 Å². The lowest BCUT2D eigenvalue weighted by Crippen LogP contribution is -2.17. The van der Waals surface area contributed by atoms with Gasteiger partial charge in [0.25, 0.3) is 0 Å². The summed E-state index contributed by atoms with van der Waals surface area (Å²) in [6.07, 6.45) is -4.17. The molecule has 0 fully saturated rings. The molecule has 1 aromatic rings. The zero-order chi connectivity index (χ0) is 11.6. The summed E-state index contributed by atoms with van der Waals surface area (Å²) in [7, 11) is 0. The van der Waals surface area contributed by atoms with Crippen LogP contribution in [0.25, 0.3) is 0 Å². The minimum Gasteiger partial charge on any atom is -0.405 e. The van der Waals surface area contributed by atoms with Crippen molar-refractivity contribution in [2.24, 2.45) is 0 Å². The molecular formula is C9H6BrF3O2. The summed E-state index contributed by atoms with van der Waals surface area (Å²) in [6, 6.07) is 2.44. The van der Waals surface area contributed by atoms with Gasteiger partial charge in [-0.15, -0.1) is 13.2 Å². The lowest BCUT2D eigenvalue weighted by molar-refractivity contribution is -0.274. The van der Waals surface area contributed by atoms with Crippen LogP contribution in [0.4, 0.5) is 13.2 Å². The summed E-state index contributed by atoms with van der Waals surface area (Å²) in [5, 5.41) is 0. The van der Waals surface area contributed by atoms with Crippen molar-refractivity contribution in [2.75, 3.05) is 0 Å². The second-order valence-electron chi connectivity index (χ2n) is 2.80.